The van der Waals surface area contributed by atoms with Gasteiger partial charge in [-0.05, 0) is 42.3 Å². The smallest absolute Gasteiger partial charge is 0.293 e. The van der Waals surface area contributed by atoms with E-state index in [9.17, 15) is 9.18 Å². The molecule has 2 heterocycles. The van der Waals surface area contributed by atoms with Crippen molar-refractivity contribution >= 4 is 22.4 Å². The minimum Gasteiger partial charge on any atom is -0.451 e. The summed E-state index contributed by atoms with van der Waals surface area (Å²) in [4.78, 5) is 12.2. The molecule has 1 N–H and O–H groups in total. The van der Waals surface area contributed by atoms with Crippen LogP contribution < -0.4 is 5.32 Å². The van der Waals surface area contributed by atoms with E-state index in [0.29, 0.717) is 22.4 Å². The molecule has 0 aliphatic rings. The predicted molar refractivity (Wildman–Crippen MR) is 90.5 cm³/mol. The molecule has 3 aromatic rings. The van der Waals surface area contributed by atoms with Crippen molar-refractivity contribution in [2.45, 2.75) is 20.3 Å². The first kappa shape index (κ1) is 16.3. The minimum absolute atomic E-state index is 0.162. The number of carbonyl (C=O) groups is 1. The fraction of sp³-hybridized carbons (Fsp3) is 0.235. The molecule has 5 nitrogen and oxygen atoms in total. The number of anilines is 1. The van der Waals surface area contributed by atoms with Crippen LogP contribution in [0, 0.1) is 11.7 Å². The van der Waals surface area contributed by atoms with E-state index >= 15 is 0 Å². The Bertz CT molecular complexity index is 840. The summed E-state index contributed by atoms with van der Waals surface area (Å²) in [5.41, 5.74) is 0.700. The third-order valence-electron chi connectivity index (χ3n) is 3.23. The zero-order chi connectivity index (χ0) is 17.1. The van der Waals surface area contributed by atoms with E-state index in [1.165, 1.54) is 23.5 Å². The summed E-state index contributed by atoms with van der Waals surface area (Å²) in [5.74, 6) is 0.421. The maximum atomic E-state index is 13.0. The molecular formula is C17H16FN3O2S. The number of nitrogens with one attached hydrogen (secondary N) is 1. The molecule has 0 unspecified atom stereocenters. The van der Waals surface area contributed by atoms with Gasteiger partial charge >= 0.3 is 0 Å². The first-order valence-corrected chi connectivity index (χ1v) is 8.32. The van der Waals surface area contributed by atoms with Gasteiger partial charge < -0.3 is 4.42 Å². The lowest BCUT2D eigenvalue weighted by atomic mass is 10.1. The van der Waals surface area contributed by atoms with E-state index in [1.54, 1.807) is 24.3 Å². The first-order valence-electron chi connectivity index (χ1n) is 7.51. The van der Waals surface area contributed by atoms with Crippen molar-refractivity contribution in [2.75, 3.05) is 5.32 Å². The number of nitrogens with zero attached hydrogens (tertiary/aromatic N) is 2. The topological polar surface area (TPSA) is 68.0 Å². The van der Waals surface area contributed by atoms with E-state index in [2.05, 4.69) is 29.4 Å². The third-order valence-corrected chi connectivity index (χ3v) is 4.09. The number of halogens is 1. The van der Waals surface area contributed by atoms with Crippen molar-refractivity contribution in [3.8, 4) is 11.3 Å². The molecule has 2 aromatic heterocycles. The van der Waals surface area contributed by atoms with Gasteiger partial charge in [0.05, 0.1) is 0 Å². The van der Waals surface area contributed by atoms with Crippen LogP contribution in [0.4, 0.5) is 9.52 Å². The molecule has 0 aliphatic heterocycles. The van der Waals surface area contributed by atoms with Gasteiger partial charge in [-0.1, -0.05) is 25.2 Å². The predicted octanol–water partition coefficient (Wildman–Crippen LogP) is 4.39. The summed E-state index contributed by atoms with van der Waals surface area (Å²) in [5, 5.41) is 12.0. The summed E-state index contributed by atoms with van der Waals surface area (Å²) >= 11 is 1.35. The molecular weight excluding hydrogens is 329 g/mol. The standard InChI is InChI=1S/C17H16FN3O2S/c1-10(2)9-15-20-21-17(24-15)19-16(22)14-8-7-13(23-14)11-3-5-12(18)6-4-11/h3-8,10H,9H2,1-2H3,(H,19,21,22). The molecule has 0 atom stereocenters. The second kappa shape index (κ2) is 6.92. The highest BCUT2D eigenvalue weighted by Crippen LogP contribution is 2.24. The second-order valence-corrected chi connectivity index (χ2v) is 6.79. The van der Waals surface area contributed by atoms with Crippen molar-refractivity contribution in [2.24, 2.45) is 5.92 Å². The van der Waals surface area contributed by atoms with Crippen molar-refractivity contribution < 1.29 is 13.6 Å². The molecule has 0 radical (unpaired) electrons. The number of furan rings is 1. The Balaban J connectivity index is 1.69. The maximum Gasteiger partial charge on any atom is 0.293 e. The average molecular weight is 345 g/mol. The van der Waals surface area contributed by atoms with E-state index in [0.717, 1.165) is 11.4 Å². The number of aromatic nitrogens is 2. The molecule has 0 fully saturated rings. The van der Waals surface area contributed by atoms with E-state index in [4.69, 9.17) is 4.42 Å². The van der Waals surface area contributed by atoms with Crippen molar-refractivity contribution in [1.29, 1.82) is 0 Å². The number of carbonyl (C=O) groups excluding carboxylic acids is 1. The zero-order valence-electron chi connectivity index (χ0n) is 13.2. The fourth-order valence-corrected chi connectivity index (χ4v) is 3.07. The summed E-state index contributed by atoms with van der Waals surface area (Å²) in [6.45, 7) is 4.19. The molecule has 0 bridgehead atoms. The van der Waals surface area contributed by atoms with Crippen molar-refractivity contribution in [3.63, 3.8) is 0 Å². The van der Waals surface area contributed by atoms with Crippen LogP contribution in [0.3, 0.4) is 0 Å². The number of benzene rings is 1. The molecule has 7 heteroatoms. The highest BCUT2D eigenvalue weighted by molar-refractivity contribution is 7.15. The maximum absolute atomic E-state index is 13.0. The molecule has 1 amide bonds. The lowest BCUT2D eigenvalue weighted by molar-refractivity contribution is 0.0997. The molecule has 0 spiro atoms. The highest BCUT2D eigenvalue weighted by Gasteiger charge is 2.15. The number of amides is 1. The van der Waals surface area contributed by atoms with Gasteiger partial charge in [-0.2, -0.15) is 0 Å². The van der Waals surface area contributed by atoms with Gasteiger partial charge in [0, 0.05) is 12.0 Å². The Morgan fingerprint density at radius 3 is 2.67 bits per heavy atom. The van der Waals surface area contributed by atoms with Crippen LogP contribution in [0.1, 0.15) is 29.4 Å². The van der Waals surface area contributed by atoms with Gasteiger partial charge in [0.2, 0.25) is 5.13 Å². The van der Waals surface area contributed by atoms with Crippen molar-refractivity contribution in [3.05, 3.63) is 53.0 Å². The molecule has 0 saturated carbocycles. The molecule has 0 aliphatic carbocycles. The van der Waals surface area contributed by atoms with Crippen LogP contribution in [0.25, 0.3) is 11.3 Å². The van der Waals surface area contributed by atoms with Crippen LogP contribution in [-0.4, -0.2) is 16.1 Å². The summed E-state index contributed by atoms with van der Waals surface area (Å²) in [6.07, 6.45) is 0.822. The van der Waals surface area contributed by atoms with Crippen LogP contribution in [0.15, 0.2) is 40.8 Å². The van der Waals surface area contributed by atoms with Gasteiger partial charge in [-0.25, -0.2) is 4.39 Å². The third kappa shape index (κ3) is 3.86. The monoisotopic (exact) mass is 345 g/mol. The second-order valence-electron chi connectivity index (χ2n) is 5.72. The quantitative estimate of drug-likeness (QED) is 0.745. The van der Waals surface area contributed by atoms with Crippen molar-refractivity contribution in [1.82, 2.24) is 10.2 Å². The van der Waals surface area contributed by atoms with Gasteiger partial charge in [0.25, 0.3) is 5.91 Å². The summed E-state index contributed by atoms with van der Waals surface area (Å²) < 4.78 is 18.5. The highest BCUT2D eigenvalue weighted by atomic mass is 32.1. The van der Waals surface area contributed by atoms with Gasteiger partial charge in [0.15, 0.2) is 5.76 Å². The van der Waals surface area contributed by atoms with Crippen LogP contribution >= 0.6 is 11.3 Å². The Hall–Kier alpha value is -2.54. The molecule has 124 valence electrons. The van der Waals surface area contributed by atoms with Crippen LogP contribution in [-0.2, 0) is 6.42 Å². The van der Waals surface area contributed by atoms with Gasteiger partial charge in [-0.3, -0.25) is 10.1 Å². The van der Waals surface area contributed by atoms with E-state index in [1.807, 2.05) is 0 Å². The Morgan fingerprint density at radius 2 is 1.96 bits per heavy atom. The SMILES string of the molecule is CC(C)Cc1nnc(NC(=O)c2ccc(-c3ccc(F)cc3)o2)s1. The largest absolute Gasteiger partial charge is 0.451 e. The average Bonchev–Trinajstić information content (AvgIpc) is 3.17. The molecule has 0 saturated heterocycles. The van der Waals surface area contributed by atoms with Gasteiger partial charge in [-0.15, -0.1) is 10.2 Å². The normalized spacial score (nSPS) is 11.0. The minimum atomic E-state index is -0.393. The summed E-state index contributed by atoms with van der Waals surface area (Å²) in [7, 11) is 0. The number of hydrogen-bond donors (Lipinski definition) is 1. The van der Waals surface area contributed by atoms with E-state index in [-0.39, 0.29) is 11.6 Å². The van der Waals surface area contributed by atoms with Crippen LogP contribution in [0.2, 0.25) is 0 Å². The van der Waals surface area contributed by atoms with Crippen LogP contribution in [0.5, 0.6) is 0 Å². The number of hydrogen-bond acceptors (Lipinski definition) is 5. The molecule has 1 aromatic carbocycles. The lowest BCUT2D eigenvalue weighted by Gasteiger charge is -1.99. The lowest BCUT2D eigenvalue weighted by Crippen LogP contribution is -2.10. The molecule has 24 heavy (non-hydrogen) atoms. The Labute approximate surface area is 142 Å². The van der Waals surface area contributed by atoms with E-state index < -0.39 is 5.91 Å². The summed E-state index contributed by atoms with van der Waals surface area (Å²) in [6, 6.07) is 9.12. The zero-order valence-corrected chi connectivity index (χ0v) is 14.1. The van der Waals surface area contributed by atoms with Gasteiger partial charge in [0.1, 0.15) is 16.6 Å². The Morgan fingerprint density at radius 1 is 1.21 bits per heavy atom. The first-order chi connectivity index (χ1) is 11.5. The fourth-order valence-electron chi connectivity index (χ4n) is 2.12. The Kier molecular flexibility index (Phi) is 4.71. The molecule has 3 rings (SSSR count). The number of rotatable bonds is 5.